The van der Waals surface area contributed by atoms with Gasteiger partial charge in [0.1, 0.15) is 0 Å². The van der Waals surface area contributed by atoms with Gasteiger partial charge in [0.25, 0.3) is 10.0 Å². The van der Waals surface area contributed by atoms with Gasteiger partial charge >= 0.3 is 0 Å². The van der Waals surface area contributed by atoms with Crippen molar-refractivity contribution in [2.24, 2.45) is 0 Å². The van der Waals surface area contributed by atoms with Crippen molar-refractivity contribution in [3.05, 3.63) is 11.8 Å². The summed E-state index contributed by atoms with van der Waals surface area (Å²) < 4.78 is 37.1. The first-order valence-electron chi connectivity index (χ1n) is 6.81. The third-order valence-electron chi connectivity index (χ3n) is 2.80. The van der Waals surface area contributed by atoms with Gasteiger partial charge in [0, 0.05) is 31.9 Å². The first-order valence-corrected chi connectivity index (χ1v) is 8.79. The molecule has 0 aliphatic rings. The molecule has 1 aromatic rings. The molecule has 1 aromatic heterocycles. The average molecular weight is 340 g/mol. The summed E-state index contributed by atoms with van der Waals surface area (Å²) in [6, 6.07) is 0. The Morgan fingerprint density at radius 1 is 1.24 bits per heavy atom. The summed E-state index contributed by atoms with van der Waals surface area (Å²) in [4.78, 5) is 0. The fraction of sp³-hybridized carbons (Fsp3) is 0.750. The zero-order valence-corrected chi connectivity index (χ0v) is 13.9. The lowest BCUT2D eigenvalue weighted by molar-refractivity contribution is 0.110. The zero-order valence-electron chi connectivity index (χ0n) is 12.3. The van der Waals surface area contributed by atoms with E-state index >= 15 is 0 Å². The van der Waals surface area contributed by atoms with Crippen LogP contribution in [-0.2, 0) is 25.4 Å². The SMILES string of the molecule is CCOCCN(CCOCC)S(=O)(=O)c1[nH]ncc1CCl. The molecule has 0 saturated carbocycles. The first-order chi connectivity index (χ1) is 10.1. The van der Waals surface area contributed by atoms with E-state index in [2.05, 4.69) is 10.2 Å². The summed E-state index contributed by atoms with van der Waals surface area (Å²) in [6.07, 6.45) is 1.42. The van der Waals surface area contributed by atoms with Gasteiger partial charge in [0.05, 0.1) is 25.3 Å². The number of hydrogen-bond acceptors (Lipinski definition) is 5. The van der Waals surface area contributed by atoms with E-state index in [1.807, 2.05) is 13.8 Å². The number of rotatable bonds is 11. The van der Waals surface area contributed by atoms with Crippen molar-refractivity contribution < 1.29 is 17.9 Å². The molecule has 0 atom stereocenters. The van der Waals surface area contributed by atoms with Crippen LogP contribution >= 0.6 is 11.6 Å². The Bertz CT molecular complexity index is 496. The molecule has 7 nitrogen and oxygen atoms in total. The number of hydrogen-bond donors (Lipinski definition) is 1. The van der Waals surface area contributed by atoms with Crippen LogP contribution in [0.25, 0.3) is 0 Å². The summed E-state index contributed by atoms with van der Waals surface area (Å²) >= 11 is 5.75. The van der Waals surface area contributed by atoms with E-state index in [-0.39, 0.29) is 24.0 Å². The van der Waals surface area contributed by atoms with E-state index in [0.717, 1.165) is 0 Å². The predicted molar refractivity (Wildman–Crippen MR) is 79.9 cm³/mol. The fourth-order valence-electron chi connectivity index (χ4n) is 1.72. The summed E-state index contributed by atoms with van der Waals surface area (Å²) in [5.41, 5.74) is 0.453. The molecule has 0 aromatic carbocycles. The molecule has 1 N–H and O–H groups in total. The first kappa shape index (κ1) is 18.4. The predicted octanol–water partition coefficient (Wildman–Crippen LogP) is 1.21. The highest BCUT2D eigenvalue weighted by molar-refractivity contribution is 7.89. The third kappa shape index (κ3) is 5.23. The topological polar surface area (TPSA) is 84.5 Å². The Morgan fingerprint density at radius 3 is 2.29 bits per heavy atom. The molecule has 0 unspecified atom stereocenters. The fourth-order valence-corrected chi connectivity index (χ4v) is 3.51. The second kappa shape index (κ2) is 9.37. The second-order valence-electron chi connectivity index (χ2n) is 4.16. The highest BCUT2D eigenvalue weighted by atomic mass is 35.5. The number of H-pyrrole nitrogens is 1. The van der Waals surface area contributed by atoms with Gasteiger partial charge in [-0.25, -0.2) is 8.42 Å². The number of sulfonamides is 1. The molecule has 9 heteroatoms. The van der Waals surface area contributed by atoms with Gasteiger partial charge in [-0.1, -0.05) is 0 Å². The molecule has 0 fully saturated rings. The minimum Gasteiger partial charge on any atom is -0.380 e. The lowest BCUT2D eigenvalue weighted by Crippen LogP contribution is -2.37. The molecule has 0 aliphatic carbocycles. The van der Waals surface area contributed by atoms with Crippen molar-refractivity contribution in [1.82, 2.24) is 14.5 Å². The van der Waals surface area contributed by atoms with E-state index in [9.17, 15) is 8.42 Å². The van der Waals surface area contributed by atoms with Gasteiger partial charge in [0.15, 0.2) is 5.03 Å². The van der Waals surface area contributed by atoms with E-state index in [1.165, 1.54) is 10.5 Å². The number of aromatic amines is 1. The molecule has 122 valence electrons. The van der Waals surface area contributed by atoms with Crippen LogP contribution in [0.1, 0.15) is 19.4 Å². The van der Waals surface area contributed by atoms with Crippen LogP contribution in [0.2, 0.25) is 0 Å². The summed E-state index contributed by atoms with van der Waals surface area (Å²) in [5.74, 6) is 0.0792. The maximum atomic E-state index is 12.6. The number of nitrogens with one attached hydrogen (secondary N) is 1. The molecule has 0 bridgehead atoms. The van der Waals surface area contributed by atoms with E-state index in [0.29, 0.717) is 32.0 Å². The van der Waals surface area contributed by atoms with Crippen LogP contribution in [0.3, 0.4) is 0 Å². The van der Waals surface area contributed by atoms with Crippen LogP contribution < -0.4 is 0 Å². The molecule has 0 spiro atoms. The average Bonchev–Trinajstić information content (AvgIpc) is 2.95. The molecule has 0 saturated heterocycles. The standard InChI is InChI=1S/C12H22ClN3O4S/c1-3-19-7-5-16(6-8-20-4-2)21(17,18)12-11(9-13)10-14-15-12/h10H,3-9H2,1-2H3,(H,14,15). The van der Waals surface area contributed by atoms with Crippen molar-refractivity contribution in [3.8, 4) is 0 Å². The lowest BCUT2D eigenvalue weighted by atomic mass is 10.4. The maximum Gasteiger partial charge on any atom is 0.260 e. The minimum absolute atomic E-state index is 0.0329. The molecule has 0 radical (unpaired) electrons. The van der Waals surface area contributed by atoms with Crippen LogP contribution in [0, 0.1) is 0 Å². The van der Waals surface area contributed by atoms with Gasteiger partial charge < -0.3 is 9.47 Å². The van der Waals surface area contributed by atoms with Gasteiger partial charge in [-0.15, -0.1) is 11.6 Å². The summed E-state index contributed by atoms with van der Waals surface area (Å²) in [5, 5.41) is 6.30. The molecule has 21 heavy (non-hydrogen) atoms. The van der Waals surface area contributed by atoms with Crippen molar-refractivity contribution in [3.63, 3.8) is 0 Å². The van der Waals surface area contributed by atoms with E-state index in [4.69, 9.17) is 21.1 Å². The van der Waals surface area contributed by atoms with Crippen LogP contribution in [0.5, 0.6) is 0 Å². The van der Waals surface area contributed by atoms with E-state index in [1.54, 1.807) is 0 Å². The Labute approximate surface area is 130 Å². The smallest absolute Gasteiger partial charge is 0.260 e. The number of aromatic nitrogens is 2. The summed E-state index contributed by atoms with van der Waals surface area (Å²) in [7, 11) is -3.69. The monoisotopic (exact) mass is 339 g/mol. The number of nitrogens with zero attached hydrogens (tertiary/aromatic N) is 2. The lowest BCUT2D eigenvalue weighted by Gasteiger charge is -2.21. The van der Waals surface area contributed by atoms with Crippen molar-refractivity contribution >= 4 is 21.6 Å². The molecule has 1 heterocycles. The number of alkyl halides is 1. The van der Waals surface area contributed by atoms with Crippen LogP contribution in [-0.4, -0.2) is 62.4 Å². The second-order valence-corrected chi connectivity index (χ2v) is 6.30. The van der Waals surface area contributed by atoms with E-state index < -0.39 is 10.0 Å². The zero-order chi connectivity index (χ0) is 15.7. The maximum absolute atomic E-state index is 12.6. The molecular weight excluding hydrogens is 318 g/mol. The third-order valence-corrected chi connectivity index (χ3v) is 5.00. The number of ether oxygens (including phenoxy) is 2. The summed E-state index contributed by atoms with van der Waals surface area (Å²) in [6.45, 7) is 5.96. The van der Waals surface area contributed by atoms with Crippen molar-refractivity contribution in [1.29, 1.82) is 0 Å². The van der Waals surface area contributed by atoms with Gasteiger partial charge in [-0.3, -0.25) is 5.10 Å². The molecular formula is C12H22ClN3O4S. The largest absolute Gasteiger partial charge is 0.380 e. The van der Waals surface area contributed by atoms with Crippen LogP contribution in [0.4, 0.5) is 0 Å². The highest BCUT2D eigenvalue weighted by Crippen LogP contribution is 2.18. The Hall–Kier alpha value is -0.670. The Morgan fingerprint density at radius 2 is 1.81 bits per heavy atom. The van der Waals surface area contributed by atoms with Crippen molar-refractivity contribution in [2.45, 2.75) is 24.8 Å². The van der Waals surface area contributed by atoms with Crippen LogP contribution in [0.15, 0.2) is 11.2 Å². The Balaban J connectivity index is 2.87. The normalized spacial score (nSPS) is 12.2. The minimum atomic E-state index is -3.69. The highest BCUT2D eigenvalue weighted by Gasteiger charge is 2.28. The number of halogens is 1. The molecule has 0 aliphatic heterocycles. The molecule has 1 rings (SSSR count). The van der Waals surface area contributed by atoms with Gasteiger partial charge in [0.2, 0.25) is 0 Å². The van der Waals surface area contributed by atoms with Gasteiger partial charge in [-0.05, 0) is 13.8 Å². The van der Waals surface area contributed by atoms with Crippen molar-refractivity contribution in [2.75, 3.05) is 39.5 Å². The quantitative estimate of drug-likeness (QED) is 0.484. The molecule has 0 amide bonds. The Kier molecular flexibility index (Phi) is 8.20. The van der Waals surface area contributed by atoms with Gasteiger partial charge in [-0.2, -0.15) is 9.40 Å².